The van der Waals surface area contributed by atoms with Crippen molar-refractivity contribution in [3.63, 3.8) is 0 Å². The predicted octanol–water partition coefficient (Wildman–Crippen LogP) is 5.94. The first-order valence-electron chi connectivity index (χ1n) is 11.0. The highest BCUT2D eigenvalue weighted by atomic mass is 32.1. The lowest BCUT2D eigenvalue weighted by molar-refractivity contribution is -0.124. The number of carbonyl (C=O) groups excluding carboxylic acids is 1. The zero-order valence-corrected chi connectivity index (χ0v) is 19.4. The van der Waals surface area contributed by atoms with Gasteiger partial charge in [0.1, 0.15) is 11.3 Å². The maximum absolute atomic E-state index is 13.3. The number of carbonyl (C=O) groups is 1. The number of benzene rings is 3. The van der Waals surface area contributed by atoms with E-state index >= 15 is 0 Å². The Morgan fingerprint density at radius 3 is 2.45 bits per heavy atom. The van der Waals surface area contributed by atoms with Crippen LogP contribution in [0, 0.1) is 5.41 Å². The van der Waals surface area contributed by atoms with Crippen molar-refractivity contribution in [2.45, 2.75) is 26.2 Å². The summed E-state index contributed by atoms with van der Waals surface area (Å²) in [5.41, 5.74) is 6.66. The topological polar surface area (TPSA) is 64.1 Å². The van der Waals surface area contributed by atoms with Crippen LogP contribution in [0.4, 0.5) is 5.13 Å². The summed E-state index contributed by atoms with van der Waals surface area (Å²) < 4.78 is 5.64. The smallest absolute Gasteiger partial charge is 0.232 e. The van der Waals surface area contributed by atoms with Gasteiger partial charge in [-0.05, 0) is 39.9 Å². The number of fused-ring (bicyclic) bond motifs is 1. The average molecular weight is 456 g/mol. The molecule has 0 aliphatic carbocycles. The van der Waals surface area contributed by atoms with E-state index in [-0.39, 0.29) is 11.8 Å². The molecule has 33 heavy (non-hydrogen) atoms. The average Bonchev–Trinajstić information content (AvgIpc) is 3.52. The predicted molar refractivity (Wildman–Crippen MR) is 132 cm³/mol. The molecular formula is C27H25N3O2S. The normalized spacial score (nSPS) is 13.8. The summed E-state index contributed by atoms with van der Waals surface area (Å²) in [6.45, 7) is 4.72. The van der Waals surface area contributed by atoms with E-state index in [2.05, 4.69) is 70.1 Å². The first-order valence-corrected chi connectivity index (χ1v) is 11.9. The number of aromatic nitrogens is 2. The van der Waals surface area contributed by atoms with E-state index in [4.69, 9.17) is 4.74 Å². The molecule has 0 spiro atoms. The van der Waals surface area contributed by atoms with Crippen molar-refractivity contribution in [2.75, 3.05) is 11.9 Å². The highest BCUT2D eigenvalue weighted by Crippen LogP contribution is 2.42. The molecule has 5 nitrogen and oxygen atoms in total. The van der Waals surface area contributed by atoms with Crippen LogP contribution in [0.1, 0.15) is 36.5 Å². The first-order chi connectivity index (χ1) is 16.0. The molecule has 0 saturated heterocycles. The van der Waals surface area contributed by atoms with Crippen LogP contribution in [0.25, 0.3) is 11.1 Å². The maximum atomic E-state index is 13.3. The molecule has 166 valence electrons. The van der Waals surface area contributed by atoms with Gasteiger partial charge >= 0.3 is 0 Å². The summed E-state index contributed by atoms with van der Waals surface area (Å²) in [5.74, 6) is 0.771. The second kappa shape index (κ2) is 8.79. The summed E-state index contributed by atoms with van der Waals surface area (Å²) in [6.07, 6.45) is 0.954. The largest absolute Gasteiger partial charge is 0.493 e. The quantitative estimate of drug-likeness (QED) is 0.391. The minimum atomic E-state index is -0.723. The Bertz CT molecular complexity index is 1250. The minimum absolute atomic E-state index is 0.0872. The summed E-state index contributed by atoms with van der Waals surface area (Å²) in [5, 5.41) is 11.2. The number of anilines is 1. The summed E-state index contributed by atoms with van der Waals surface area (Å²) in [6, 6.07) is 25.1. The minimum Gasteiger partial charge on any atom is -0.493 e. The van der Waals surface area contributed by atoms with Gasteiger partial charge < -0.3 is 10.1 Å². The lowest BCUT2D eigenvalue weighted by Gasteiger charge is -2.33. The zero-order valence-electron chi connectivity index (χ0n) is 18.6. The van der Waals surface area contributed by atoms with Crippen molar-refractivity contribution >= 4 is 22.4 Å². The third-order valence-electron chi connectivity index (χ3n) is 6.29. The second-order valence-electron chi connectivity index (χ2n) is 8.81. The van der Waals surface area contributed by atoms with E-state index < -0.39 is 5.41 Å². The Morgan fingerprint density at radius 1 is 1.00 bits per heavy atom. The van der Waals surface area contributed by atoms with Crippen molar-refractivity contribution < 1.29 is 9.53 Å². The van der Waals surface area contributed by atoms with E-state index in [0.717, 1.165) is 35.5 Å². The third-order valence-corrected chi connectivity index (χ3v) is 6.89. The standard InChI is InChI=1S/C27H25N3O2S/c1-27(2,25(31)29-26-30-28-17-33-26)24(19-6-4-3-5-7-19)20-10-8-18(9-11-20)21-12-13-23-22(16-21)14-15-32-23/h3-13,16-17,24H,14-15H2,1-2H3,(H,29,30,31). The van der Waals surface area contributed by atoms with Gasteiger partial charge in [-0.25, -0.2) is 0 Å². The van der Waals surface area contributed by atoms with Crippen molar-refractivity contribution in [2.24, 2.45) is 5.41 Å². The van der Waals surface area contributed by atoms with Crippen LogP contribution in [0.3, 0.4) is 0 Å². The Balaban J connectivity index is 1.48. The fraction of sp³-hybridized carbons (Fsp3) is 0.222. The second-order valence-corrected chi connectivity index (χ2v) is 9.64. The number of rotatable bonds is 6. The number of nitrogens with one attached hydrogen (secondary N) is 1. The molecule has 0 saturated carbocycles. The molecule has 1 unspecified atom stereocenters. The third kappa shape index (κ3) is 4.26. The zero-order chi connectivity index (χ0) is 22.8. The fourth-order valence-corrected chi connectivity index (χ4v) is 4.96. The first kappa shape index (κ1) is 21.3. The molecule has 1 amide bonds. The van der Waals surface area contributed by atoms with Crippen LogP contribution in [0.5, 0.6) is 5.75 Å². The number of ether oxygens (including phenoxy) is 1. The van der Waals surface area contributed by atoms with Crippen LogP contribution in [0.2, 0.25) is 0 Å². The Labute approximate surface area is 197 Å². The molecule has 1 N–H and O–H groups in total. The van der Waals surface area contributed by atoms with Crippen molar-refractivity contribution in [3.05, 3.63) is 95.0 Å². The van der Waals surface area contributed by atoms with Gasteiger partial charge in [0.2, 0.25) is 11.0 Å². The molecular weight excluding hydrogens is 430 g/mol. The molecule has 1 atom stereocenters. The molecule has 1 aromatic heterocycles. The maximum Gasteiger partial charge on any atom is 0.232 e. The SMILES string of the molecule is CC(C)(C(=O)Nc1nncs1)C(c1ccccc1)c1ccc(-c2ccc3c(c2)CCO3)cc1. The van der Waals surface area contributed by atoms with Gasteiger partial charge in [0.15, 0.2) is 0 Å². The van der Waals surface area contributed by atoms with Crippen LogP contribution < -0.4 is 10.1 Å². The highest BCUT2D eigenvalue weighted by Gasteiger charge is 2.39. The lowest BCUT2D eigenvalue weighted by Crippen LogP contribution is -2.37. The Kier molecular flexibility index (Phi) is 5.68. The molecule has 5 rings (SSSR count). The van der Waals surface area contributed by atoms with Crippen LogP contribution in [-0.4, -0.2) is 22.7 Å². The van der Waals surface area contributed by atoms with E-state index in [0.29, 0.717) is 5.13 Å². The highest BCUT2D eigenvalue weighted by molar-refractivity contribution is 7.13. The van der Waals surface area contributed by atoms with Gasteiger partial charge in [-0.3, -0.25) is 4.79 Å². The molecule has 1 aliphatic rings. The number of hydrogen-bond donors (Lipinski definition) is 1. The molecule has 1 aliphatic heterocycles. The number of amides is 1. The van der Waals surface area contributed by atoms with Gasteiger partial charge in [0, 0.05) is 12.3 Å². The molecule has 2 heterocycles. The fourth-order valence-electron chi connectivity index (χ4n) is 4.52. The van der Waals surface area contributed by atoms with Crippen molar-refractivity contribution in [3.8, 4) is 16.9 Å². The van der Waals surface area contributed by atoms with Gasteiger partial charge in [-0.15, -0.1) is 10.2 Å². The van der Waals surface area contributed by atoms with Gasteiger partial charge in [-0.1, -0.05) is 85.8 Å². The summed E-state index contributed by atoms with van der Waals surface area (Å²) in [7, 11) is 0. The van der Waals surface area contributed by atoms with Crippen LogP contribution in [-0.2, 0) is 11.2 Å². The Hall–Kier alpha value is -3.51. The van der Waals surface area contributed by atoms with Crippen molar-refractivity contribution in [1.82, 2.24) is 10.2 Å². The van der Waals surface area contributed by atoms with Crippen LogP contribution in [0.15, 0.2) is 78.3 Å². The molecule has 0 radical (unpaired) electrons. The number of nitrogens with zero attached hydrogens (tertiary/aromatic N) is 2. The lowest BCUT2D eigenvalue weighted by atomic mass is 9.70. The van der Waals surface area contributed by atoms with E-state index in [1.165, 1.54) is 22.5 Å². The van der Waals surface area contributed by atoms with Gasteiger partial charge in [0.05, 0.1) is 12.0 Å². The molecule has 6 heteroatoms. The Morgan fingerprint density at radius 2 is 1.73 bits per heavy atom. The van der Waals surface area contributed by atoms with E-state index in [1.54, 1.807) is 5.51 Å². The number of hydrogen-bond acceptors (Lipinski definition) is 5. The van der Waals surface area contributed by atoms with Crippen LogP contribution >= 0.6 is 11.3 Å². The van der Waals surface area contributed by atoms with Crippen molar-refractivity contribution in [1.29, 1.82) is 0 Å². The van der Waals surface area contributed by atoms with E-state index in [1.807, 2.05) is 32.0 Å². The van der Waals surface area contributed by atoms with Gasteiger partial charge in [0.25, 0.3) is 0 Å². The monoisotopic (exact) mass is 455 g/mol. The van der Waals surface area contributed by atoms with Gasteiger partial charge in [-0.2, -0.15) is 0 Å². The van der Waals surface area contributed by atoms with E-state index in [9.17, 15) is 4.79 Å². The summed E-state index contributed by atoms with van der Waals surface area (Å²) >= 11 is 1.32. The molecule has 4 aromatic rings. The molecule has 3 aromatic carbocycles. The molecule has 0 fully saturated rings. The molecule has 0 bridgehead atoms. The summed E-state index contributed by atoms with van der Waals surface area (Å²) in [4.78, 5) is 13.3.